The van der Waals surface area contributed by atoms with Gasteiger partial charge in [0, 0.05) is 16.0 Å². The first kappa shape index (κ1) is 35.7. The average Bonchev–Trinajstić information content (AvgIpc) is 3.57. The van der Waals surface area contributed by atoms with Crippen molar-refractivity contribution in [2.75, 3.05) is 23.8 Å². The number of esters is 2. The van der Waals surface area contributed by atoms with Crippen LogP contribution in [0, 0.1) is 22.7 Å². The summed E-state index contributed by atoms with van der Waals surface area (Å²) in [6, 6.07) is 3.02. The van der Waals surface area contributed by atoms with Crippen LogP contribution in [-0.4, -0.2) is 42.0 Å². The SMILES string of the molecule is CCOC(=O)c1c(NC(=O)c2ccc(C(=O)Nc3sc4c(c3C(=O)OCC)CC[C@H](C(C)(C)C)C4)nc2)sc2c1CC[C@H](C(C)(C)C)C2. The smallest absolute Gasteiger partial charge is 0.341 e. The lowest BCUT2D eigenvalue weighted by molar-refractivity contribution is 0.0516. The van der Waals surface area contributed by atoms with Crippen molar-refractivity contribution >= 4 is 56.4 Å². The number of hydrogen-bond acceptors (Lipinski definition) is 9. The summed E-state index contributed by atoms with van der Waals surface area (Å²) < 4.78 is 10.8. The number of fused-ring (bicyclic) bond motifs is 2. The van der Waals surface area contributed by atoms with Crippen molar-refractivity contribution in [3.63, 3.8) is 0 Å². The van der Waals surface area contributed by atoms with E-state index in [4.69, 9.17) is 9.47 Å². The molecule has 0 aromatic carbocycles. The minimum atomic E-state index is -0.484. The second kappa shape index (κ2) is 14.1. The molecule has 0 bridgehead atoms. The summed E-state index contributed by atoms with van der Waals surface area (Å²) in [6.45, 7) is 17.4. The van der Waals surface area contributed by atoms with E-state index >= 15 is 0 Å². The average molecular weight is 694 g/mol. The molecule has 48 heavy (non-hydrogen) atoms. The van der Waals surface area contributed by atoms with Gasteiger partial charge < -0.3 is 20.1 Å². The Morgan fingerprint density at radius 3 is 1.60 bits per heavy atom. The normalized spacial score (nSPS) is 17.6. The standard InChI is InChI=1S/C37H47N3O6S2/c1-9-45-34(43)28-23-14-12-21(36(3,4)5)17-26(23)47-32(28)39-30(41)20-11-16-25(38-19-20)31(42)40-33-29(35(44)46-10-2)24-15-13-22(37(6,7)8)18-27(24)48-33/h11,16,19,21-22H,9-10,12-15,17-18H2,1-8H3,(H,39,41)(H,40,42)/t21-,22-/m0/s1. The number of hydrogen-bond donors (Lipinski definition) is 2. The monoisotopic (exact) mass is 693 g/mol. The predicted molar refractivity (Wildman–Crippen MR) is 191 cm³/mol. The van der Waals surface area contributed by atoms with Crippen LogP contribution in [-0.2, 0) is 35.2 Å². The number of thiophene rings is 2. The molecule has 258 valence electrons. The first-order chi connectivity index (χ1) is 22.6. The van der Waals surface area contributed by atoms with Gasteiger partial charge in [-0.05, 0) is 98.3 Å². The van der Waals surface area contributed by atoms with Crippen molar-refractivity contribution in [2.24, 2.45) is 22.7 Å². The Bertz CT molecular complexity index is 1580. The van der Waals surface area contributed by atoms with Crippen LogP contribution in [0.5, 0.6) is 0 Å². The van der Waals surface area contributed by atoms with E-state index in [-0.39, 0.29) is 35.3 Å². The van der Waals surface area contributed by atoms with Crippen LogP contribution in [0.25, 0.3) is 0 Å². The summed E-state index contributed by atoms with van der Waals surface area (Å²) in [5.41, 5.74) is 3.40. The molecule has 3 aromatic heterocycles. The maximum atomic E-state index is 13.4. The number of carbonyl (C=O) groups excluding carboxylic acids is 4. The molecule has 5 rings (SSSR count). The molecule has 0 spiro atoms. The van der Waals surface area contributed by atoms with Gasteiger partial charge in [-0.15, -0.1) is 22.7 Å². The Kier molecular flexibility index (Phi) is 10.5. The Morgan fingerprint density at radius 1 is 0.750 bits per heavy atom. The third-order valence-electron chi connectivity index (χ3n) is 9.65. The molecule has 11 heteroatoms. The van der Waals surface area contributed by atoms with E-state index in [9.17, 15) is 19.2 Å². The molecule has 3 aromatic rings. The van der Waals surface area contributed by atoms with Crippen LogP contribution >= 0.6 is 22.7 Å². The van der Waals surface area contributed by atoms with Gasteiger partial charge in [-0.1, -0.05) is 41.5 Å². The van der Waals surface area contributed by atoms with E-state index in [2.05, 4.69) is 57.2 Å². The first-order valence-corrected chi connectivity index (χ1v) is 18.5. The lowest BCUT2D eigenvalue weighted by Gasteiger charge is -2.33. The van der Waals surface area contributed by atoms with Gasteiger partial charge >= 0.3 is 11.9 Å². The quantitative estimate of drug-likeness (QED) is 0.227. The van der Waals surface area contributed by atoms with Gasteiger partial charge in [0.1, 0.15) is 15.7 Å². The van der Waals surface area contributed by atoms with Crippen molar-refractivity contribution in [1.82, 2.24) is 4.98 Å². The molecule has 9 nitrogen and oxygen atoms in total. The highest BCUT2D eigenvalue weighted by Crippen LogP contribution is 2.46. The van der Waals surface area contributed by atoms with E-state index in [0.717, 1.165) is 59.4 Å². The Morgan fingerprint density at radius 2 is 1.21 bits per heavy atom. The number of nitrogens with one attached hydrogen (secondary N) is 2. The number of carbonyl (C=O) groups is 4. The van der Waals surface area contributed by atoms with E-state index in [1.807, 2.05) is 0 Å². The second-order valence-corrected chi connectivity index (χ2v) is 17.0. The maximum absolute atomic E-state index is 13.4. The minimum absolute atomic E-state index is 0.104. The molecule has 2 aliphatic rings. The zero-order valence-electron chi connectivity index (χ0n) is 29.3. The second-order valence-electron chi connectivity index (χ2n) is 14.8. The Hall–Kier alpha value is -3.57. The number of pyridine rings is 1. The Labute approximate surface area is 291 Å². The lowest BCUT2D eigenvalue weighted by atomic mass is 9.72. The molecule has 0 unspecified atom stereocenters. The summed E-state index contributed by atoms with van der Waals surface area (Å²) in [5, 5.41) is 6.77. The highest BCUT2D eigenvalue weighted by molar-refractivity contribution is 7.17. The highest BCUT2D eigenvalue weighted by Gasteiger charge is 2.36. The Balaban J connectivity index is 1.34. The predicted octanol–water partition coefficient (Wildman–Crippen LogP) is 8.36. The molecule has 2 atom stereocenters. The van der Waals surface area contributed by atoms with Crippen LogP contribution in [0.1, 0.15) is 131 Å². The zero-order valence-corrected chi connectivity index (χ0v) is 30.9. The van der Waals surface area contributed by atoms with Crippen molar-refractivity contribution in [1.29, 1.82) is 0 Å². The highest BCUT2D eigenvalue weighted by atomic mass is 32.1. The summed E-state index contributed by atoms with van der Waals surface area (Å²) >= 11 is 2.86. The van der Waals surface area contributed by atoms with E-state index in [1.165, 1.54) is 41.0 Å². The van der Waals surface area contributed by atoms with Gasteiger partial charge in [0.25, 0.3) is 11.8 Å². The number of ether oxygens (including phenoxy) is 2. The number of rotatable bonds is 8. The van der Waals surface area contributed by atoms with Crippen LogP contribution in [0.4, 0.5) is 10.0 Å². The summed E-state index contributed by atoms with van der Waals surface area (Å²) in [7, 11) is 0. The van der Waals surface area contributed by atoms with E-state index in [0.29, 0.717) is 33.0 Å². The third-order valence-corrected chi connectivity index (χ3v) is 12.0. The van der Waals surface area contributed by atoms with Gasteiger partial charge in [-0.3, -0.25) is 14.6 Å². The third kappa shape index (κ3) is 7.52. The fourth-order valence-electron chi connectivity index (χ4n) is 6.67. The number of nitrogens with zero attached hydrogens (tertiary/aromatic N) is 1. The van der Waals surface area contributed by atoms with Crippen molar-refractivity contribution in [2.45, 2.75) is 93.9 Å². The lowest BCUT2D eigenvalue weighted by Crippen LogP contribution is -2.26. The van der Waals surface area contributed by atoms with E-state index in [1.54, 1.807) is 13.8 Å². The first-order valence-electron chi connectivity index (χ1n) is 16.8. The molecule has 0 saturated carbocycles. The number of amides is 2. The van der Waals surface area contributed by atoms with Gasteiger partial charge in [-0.2, -0.15) is 0 Å². The fraction of sp³-hybridized carbons (Fsp3) is 0.541. The maximum Gasteiger partial charge on any atom is 0.341 e. The molecule has 0 fully saturated rings. The number of aromatic nitrogens is 1. The van der Waals surface area contributed by atoms with Gasteiger partial charge in [0.2, 0.25) is 0 Å². The molecular weight excluding hydrogens is 647 g/mol. The molecule has 2 amide bonds. The van der Waals surface area contributed by atoms with Crippen molar-refractivity contribution < 1.29 is 28.7 Å². The van der Waals surface area contributed by atoms with Crippen LogP contribution < -0.4 is 10.6 Å². The minimum Gasteiger partial charge on any atom is -0.462 e. The van der Waals surface area contributed by atoms with Gasteiger partial charge in [0.15, 0.2) is 0 Å². The molecule has 0 radical (unpaired) electrons. The topological polar surface area (TPSA) is 124 Å². The molecule has 2 aliphatic carbocycles. The molecular formula is C37H47N3O6S2. The van der Waals surface area contributed by atoms with Crippen LogP contribution in [0.15, 0.2) is 18.3 Å². The number of anilines is 2. The van der Waals surface area contributed by atoms with Crippen molar-refractivity contribution in [3.8, 4) is 0 Å². The summed E-state index contributed by atoms with van der Waals surface area (Å²) in [6.07, 6.45) is 6.47. The van der Waals surface area contributed by atoms with Crippen LogP contribution in [0.2, 0.25) is 0 Å². The van der Waals surface area contributed by atoms with Crippen LogP contribution in [0.3, 0.4) is 0 Å². The van der Waals surface area contributed by atoms with Gasteiger partial charge in [-0.25, -0.2) is 9.59 Å². The molecule has 0 aliphatic heterocycles. The fourth-order valence-corrected chi connectivity index (χ4v) is 9.29. The molecule has 0 saturated heterocycles. The molecule has 3 heterocycles. The largest absolute Gasteiger partial charge is 0.462 e. The molecule has 2 N–H and O–H groups in total. The van der Waals surface area contributed by atoms with E-state index < -0.39 is 23.8 Å². The van der Waals surface area contributed by atoms with Gasteiger partial charge in [0.05, 0.1) is 29.9 Å². The summed E-state index contributed by atoms with van der Waals surface area (Å²) in [5.74, 6) is -0.853. The summed E-state index contributed by atoms with van der Waals surface area (Å²) in [4.78, 5) is 59.4. The zero-order chi connectivity index (χ0) is 35.0. The van der Waals surface area contributed by atoms with Crippen molar-refractivity contribution in [3.05, 3.63) is 61.6 Å².